The van der Waals surface area contributed by atoms with Crippen LogP contribution in [0.1, 0.15) is 0 Å². The summed E-state index contributed by atoms with van der Waals surface area (Å²) in [6, 6.07) is 7.02. The molecule has 1 saturated heterocycles. The van der Waals surface area contributed by atoms with Crippen LogP contribution in [0.25, 0.3) is 0 Å². The maximum absolute atomic E-state index is 12.6. The number of halogens is 1. The lowest BCUT2D eigenvalue weighted by Gasteiger charge is -2.38. The number of benzene rings is 1. The third-order valence-corrected chi connectivity index (χ3v) is 3.14. The molecule has 1 aromatic carbocycles. The zero-order valence-electron chi connectivity index (χ0n) is 8.03. The van der Waals surface area contributed by atoms with Crippen LogP contribution in [0.2, 0.25) is 0 Å². The Balaban J connectivity index is 1.84. The van der Waals surface area contributed by atoms with Crippen molar-refractivity contribution in [1.29, 1.82) is 0 Å². The van der Waals surface area contributed by atoms with E-state index >= 15 is 0 Å². The smallest absolute Gasteiger partial charge is 0.123 e. The largest absolute Gasteiger partial charge is 0.380 e. The Labute approximate surface area is 87.6 Å². The summed E-state index contributed by atoms with van der Waals surface area (Å²) < 4.78 is 14.9. The molecular formula is C10H13FN2S. The molecular weight excluding hydrogens is 199 g/mol. The monoisotopic (exact) mass is 212 g/mol. The summed E-state index contributed by atoms with van der Waals surface area (Å²) in [5, 5.41) is 3.35. The van der Waals surface area contributed by atoms with Gasteiger partial charge in [-0.15, -0.1) is 0 Å². The van der Waals surface area contributed by atoms with Gasteiger partial charge in [-0.2, -0.15) is 0 Å². The van der Waals surface area contributed by atoms with E-state index in [0.717, 1.165) is 18.8 Å². The fraction of sp³-hybridized carbons (Fsp3) is 0.400. The molecule has 0 bridgehead atoms. The van der Waals surface area contributed by atoms with E-state index in [2.05, 4.69) is 15.9 Å². The van der Waals surface area contributed by atoms with Crippen LogP contribution in [0.5, 0.6) is 0 Å². The lowest BCUT2D eigenvalue weighted by Crippen LogP contribution is -2.50. The molecule has 76 valence electrons. The molecule has 14 heavy (non-hydrogen) atoms. The van der Waals surface area contributed by atoms with Crippen LogP contribution in [-0.2, 0) is 0 Å². The highest BCUT2D eigenvalue weighted by molar-refractivity contribution is 7.96. The normalized spacial score (nSPS) is 17.9. The summed E-state index contributed by atoms with van der Waals surface area (Å²) in [4.78, 5) is 0. The van der Waals surface area contributed by atoms with Gasteiger partial charge in [0.15, 0.2) is 0 Å². The molecule has 1 fully saturated rings. The Morgan fingerprint density at radius 3 is 2.57 bits per heavy atom. The minimum Gasteiger partial charge on any atom is -0.380 e. The minimum atomic E-state index is -0.185. The van der Waals surface area contributed by atoms with Crippen LogP contribution in [0, 0.1) is 5.82 Å². The Bertz CT molecular complexity index is 295. The van der Waals surface area contributed by atoms with Crippen LogP contribution in [0.3, 0.4) is 0 Å². The molecule has 0 aromatic heterocycles. The number of nitrogens with one attached hydrogen (secondary N) is 1. The molecule has 1 aliphatic heterocycles. The molecule has 1 heterocycles. The van der Waals surface area contributed by atoms with Gasteiger partial charge in [-0.05, 0) is 30.5 Å². The van der Waals surface area contributed by atoms with Crippen molar-refractivity contribution in [2.75, 3.05) is 24.7 Å². The number of nitrogens with zero attached hydrogens (tertiary/aromatic N) is 1. The second-order valence-corrected chi connectivity index (χ2v) is 4.26. The number of anilines is 1. The Morgan fingerprint density at radius 1 is 1.36 bits per heavy atom. The van der Waals surface area contributed by atoms with Crippen molar-refractivity contribution in [2.45, 2.75) is 6.04 Å². The van der Waals surface area contributed by atoms with Gasteiger partial charge in [-0.25, -0.2) is 8.70 Å². The molecule has 1 aromatic rings. The van der Waals surface area contributed by atoms with Crippen LogP contribution in [-0.4, -0.2) is 29.7 Å². The van der Waals surface area contributed by atoms with E-state index in [1.165, 1.54) is 12.1 Å². The maximum atomic E-state index is 12.6. The van der Waals surface area contributed by atoms with Crippen LogP contribution in [0.4, 0.5) is 10.1 Å². The van der Waals surface area contributed by atoms with E-state index in [9.17, 15) is 4.39 Å². The molecule has 0 amide bonds. The minimum absolute atomic E-state index is 0.185. The van der Waals surface area contributed by atoms with Gasteiger partial charge in [0.05, 0.1) is 6.04 Å². The average Bonchev–Trinajstić information content (AvgIpc) is 2.13. The highest BCUT2D eigenvalue weighted by atomic mass is 32.2. The number of hydrogen-bond acceptors (Lipinski definition) is 3. The van der Waals surface area contributed by atoms with E-state index in [-0.39, 0.29) is 5.82 Å². The van der Waals surface area contributed by atoms with Crippen molar-refractivity contribution in [1.82, 2.24) is 4.31 Å². The lowest BCUT2D eigenvalue weighted by atomic mass is 10.1. The molecule has 4 heteroatoms. The third kappa shape index (κ3) is 2.19. The van der Waals surface area contributed by atoms with Crippen LogP contribution in [0.15, 0.2) is 24.3 Å². The lowest BCUT2D eigenvalue weighted by molar-refractivity contribution is 0.310. The first-order valence-electron chi connectivity index (χ1n) is 4.59. The summed E-state index contributed by atoms with van der Waals surface area (Å²) in [7, 11) is 0. The van der Waals surface area contributed by atoms with Gasteiger partial charge in [0.2, 0.25) is 0 Å². The Morgan fingerprint density at radius 2 is 2.00 bits per heavy atom. The third-order valence-electron chi connectivity index (χ3n) is 2.32. The van der Waals surface area contributed by atoms with E-state index in [1.807, 2.05) is 0 Å². The van der Waals surface area contributed by atoms with Gasteiger partial charge in [-0.3, -0.25) is 0 Å². The van der Waals surface area contributed by atoms with E-state index in [0.29, 0.717) is 6.04 Å². The number of rotatable bonds is 3. The second-order valence-electron chi connectivity index (χ2n) is 3.38. The summed E-state index contributed by atoms with van der Waals surface area (Å²) in [6.45, 7) is 2.11. The van der Waals surface area contributed by atoms with E-state index < -0.39 is 0 Å². The SMILES string of the molecule is CSN1CC(Nc2ccc(F)cc2)C1. The summed E-state index contributed by atoms with van der Waals surface area (Å²) >= 11 is 1.76. The van der Waals surface area contributed by atoms with Gasteiger partial charge >= 0.3 is 0 Å². The summed E-state index contributed by atoms with van der Waals surface area (Å²) in [5.41, 5.74) is 0.997. The molecule has 0 aliphatic carbocycles. The highest BCUT2D eigenvalue weighted by Crippen LogP contribution is 2.20. The topological polar surface area (TPSA) is 15.3 Å². The Hall–Kier alpha value is -0.740. The molecule has 0 atom stereocenters. The summed E-state index contributed by atoms with van der Waals surface area (Å²) in [5.74, 6) is -0.185. The first kappa shape index (κ1) is 9.80. The Kier molecular flexibility index (Phi) is 2.93. The molecule has 0 saturated carbocycles. The zero-order chi connectivity index (χ0) is 9.97. The van der Waals surface area contributed by atoms with Crippen LogP contribution >= 0.6 is 11.9 Å². The van der Waals surface area contributed by atoms with Crippen molar-refractivity contribution in [3.05, 3.63) is 30.1 Å². The van der Waals surface area contributed by atoms with Gasteiger partial charge in [0.25, 0.3) is 0 Å². The molecule has 2 nitrogen and oxygen atoms in total. The molecule has 0 radical (unpaired) electrons. The number of hydrogen-bond donors (Lipinski definition) is 1. The van der Waals surface area contributed by atoms with Crippen molar-refractivity contribution < 1.29 is 4.39 Å². The first-order valence-corrected chi connectivity index (χ1v) is 5.77. The first-order chi connectivity index (χ1) is 6.78. The molecule has 1 aliphatic rings. The van der Waals surface area contributed by atoms with E-state index in [4.69, 9.17) is 0 Å². The fourth-order valence-electron chi connectivity index (χ4n) is 1.46. The fourth-order valence-corrected chi connectivity index (χ4v) is 2.12. The molecule has 1 N–H and O–H groups in total. The predicted molar refractivity (Wildman–Crippen MR) is 58.9 cm³/mol. The standard InChI is InChI=1S/C10H13FN2S/c1-14-13-6-10(7-13)12-9-4-2-8(11)3-5-9/h2-5,10,12H,6-7H2,1H3. The van der Waals surface area contributed by atoms with Crippen molar-refractivity contribution in [2.24, 2.45) is 0 Å². The van der Waals surface area contributed by atoms with Crippen LogP contribution < -0.4 is 5.32 Å². The molecule has 0 spiro atoms. The van der Waals surface area contributed by atoms with Crippen molar-refractivity contribution in [3.8, 4) is 0 Å². The van der Waals surface area contributed by atoms with Gasteiger partial charge < -0.3 is 5.32 Å². The van der Waals surface area contributed by atoms with Gasteiger partial charge in [0.1, 0.15) is 5.82 Å². The zero-order valence-corrected chi connectivity index (χ0v) is 8.85. The van der Waals surface area contributed by atoms with Crippen molar-refractivity contribution >= 4 is 17.6 Å². The van der Waals surface area contributed by atoms with E-state index in [1.54, 1.807) is 24.1 Å². The molecule has 0 unspecified atom stereocenters. The molecule has 2 rings (SSSR count). The quantitative estimate of drug-likeness (QED) is 0.773. The summed E-state index contributed by atoms with van der Waals surface area (Å²) in [6.07, 6.45) is 2.08. The predicted octanol–water partition coefficient (Wildman–Crippen LogP) is 2.20. The maximum Gasteiger partial charge on any atom is 0.123 e. The van der Waals surface area contributed by atoms with Gasteiger partial charge in [-0.1, -0.05) is 11.9 Å². The average molecular weight is 212 g/mol. The van der Waals surface area contributed by atoms with Gasteiger partial charge in [0, 0.05) is 18.8 Å². The van der Waals surface area contributed by atoms with Crippen molar-refractivity contribution in [3.63, 3.8) is 0 Å². The second kappa shape index (κ2) is 4.19. The highest BCUT2D eigenvalue weighted by Gasteiger charge is 2.25.